The number of morpholine rings is 1. The molecule has 1 saturated heterocycles. The standard InChI is InChI=1S/C14H18F3NO2/c1-2-18-7-8-20-12(9-18)13(19)10-3-5-11(6-4-10)14(15,16)17/h3-6,12-13,19H,2,7-9H2,1H3. The number of halogens is 3. The molecule has 0 amide bonds. The Bertz CT molecular complexity index is 433. The fraction of sp³-hybridized carbons (Fsp3) is 0.571. The quantitative estimate of drug-likeness (QED) is 0.928. The van der Waals surface area contributed by atoms with Gasteiger partial charge in [0.25, 0.3) is 0 Å². The van der Waals surface area contributed by atoms with Crippen molar-refractivity contribution in [3.05, 3.63) is 35.4 Å². The molecule has 1 aliphatic rings. The molecule has 0 aliphatic carbocycles. The first kappa shape index (κ1) is 15.3. The van der Waals surface area contributed by atoms with Crippen LogP contribution < -0.4 is 0 Å². The van der Waals surface area contributed by atoms with E-state index < -0.39 is 23.9 Å². The predicted octanol–water partition coefficient (Wildman–Crippen LogP) is 2.46. The minimum absolute atomic E-state index is 0.402. The molecule has 2 atom stereocenters. The smallest absolute Gasteiger partial charge is 0.386 e. The van der Waals surface area contributed by atoms with Crippen LogP contribution in [0.1, 0.15) is 24.2 Å². The molecular weight excluding hydrogens is 271 g/mol. The summed E-state index contributed by atoms with van der Waals surface area (Å²) < 4.78 is 42.9. The number of likely N-dealkylation sites (N-methyl/N-ethyl adjacent to an activating group) is 1. The highest BCUT2D eigenvalue weighted by Crippen LogP contribution is 2.31. The van der Waals surface area contributed by atoms with Crippen molar-refractivity contribution in [1.29, 1.82) is 0 Å². The SMILES string of the molecule is CCN1CCOC(C(O)c2ccc(C(F)(F)F)cc2)C1. The van der Waals surface area contributed by atoms with Crippen LogP contribution in [-0.2, 0) is 10.9 Å². The van der Waals surface area contributed by atoms with Crippen molar-refractivity contribution in [3.8, 4) is 0 Å². The maximum Gasteiger partial charge on any atom is 0.416 e. The Morgan fingerprint density at radius 3 is 2.55 bits per heavy atom. The van der Waals surface area contributed by atoms with Crippen molar-refractivity contribution in [2.75, 3.05) is 26.2 Å². The van der Waals surface area contributed by atoms with Gasteiger partial charge in [-0.05, 0) is 24.2 Å². The zero-order valence-corrected chi connectivity index (χ0v) is 11.2. The van der Waals surface area contributed by atoms with E-state index in [-0.39, 0.29) is 0 Å². The number of hydrogen-bond acceptors (Lipinski definition) is 3. The lowest BCUT2D eigenvalue weighted by Gasteiger charge is -2.34. The highest BCUT2D eigenvalue weighted by Gasteiger charge is 2.31. The molecule has 1 aromatic rings. The van der Waals surface area contributed by atoms with Crippen molar-refractivity contribution in [1.82, 2.24) is 4.90 Å². The fourth-order valence-electron chi connectivity index (χ4n) is 2.29. The van der Waals surface area contributed by atoms with Crippen molar-refractivity contribution in [3.63, 3.8) is 0 Å². The summed E-state index contributed by atoms with van der Waals surface area (Å²) in [7, 11) is 0. The minimum Gasteiger partial charge on any atom is -0.386 e. The molecule has 0 aromatic heterocycles. The van der Waals surface area contributed by atoms with Gasteiger partial charge in [0.1, 0.15) is 12.2 Å². The van der Waals surface area contributed by atoms with Crippen LogP contribution in [-0.4, -0.2) is 42.4 Å². The number of rotatable bonds is 3. The van der Waals surface area contributed by atoms with E-state index in [1.807, 2.05) is 6.92 Å². The summed E-state index contributed by atoms with van der Waals surface area (Å²) in [5, 5.41) is 10.2. The lowest BCUT2D eigenvalue weighted by molar-refractivity contribution is -0.137. The second-order valence-corrected chi connectivity index (χ2v) is 4.87. The third kappa shape index (κ3) is 3.50. The summed E-state index contributed by atoms with van der Waals surface area (Å²) in [4.78, 5) is 2.14. The summed E-state index contributed by atoms with van der Waals surface area (Å²) in [6.07, 6.45) is -5.67. The Morgan fingerprint density at radius 1 is 1.35 bits per heavy atom. The van der Waals surface area contributed by atoms with E-state index in [1.54, 1.807) is 0 Å². The molecule has 20 heavy (non-hydrogen) atoms. The van der Waals surface area contributed by atoms with Gasteiger partial charge in [0, 0.05) is 13.1 Å². The van der Waals surface area contributed by atoms with Crippen LogP contribution in [0, 0.1) is 0 Å². The molecule has 0 saturated carbocycles. The van der Waals surface area contributed by atoms with E-state index in [2.05, 4.69) is 4.90 Å². The number of nitrogens with zero attached hydrogens (tertiary/aromatic N) is 1. The van der Waals surface area contributed by atoms with Crippen molar-refractivity contribution >= 4 is 0 Å². The summed E-state index contributed by atoms with van der Waals surface area (Å²) in [5.41, 5.74) is -0.269. The average Bonchev–Trinajstić information content (AvgIpc) is 2.46. The first-order valence-corrected chi connectivity index (χ1v) is 6.61. The number of alkyl halides is 3. The Kier molecular flexibility index (Phi) is 4.67. The van der Waals surface area contributed by atoms with Gasteiger partial charge in [-0.2, -0.15) is 13.2 Å². The molecule has 2 unspecified atom stereocenters. The number of aliphatic hydroxyl groups excluding tert-OH is 1. The summed E-state index contributed by atoms with van der Waals surface area (Å²) in [6.45, 7) is 4.80. The zero-order chi connectivity index (χ0) is 14.8. The van der Waals surface area contributed by atoms with Crippen LogP contribution in [0.25, 0.3) is 0 Å². The van der Waals surface area contributed by atoms with Gasteiger partial charge in [0.15, 0.2) is 0 Å². The van der Waals surface area contributed by atoms with E-state index in [0.717, 1.165) is 25.2 Å². The molecule has 0 spiro atoms. The van der Waals surface area contributed by atoms with Gasteiger partial charge in [-0.1, -0.05) is 19.1 Å². The van der Waals surface area contributed by atoms with E-state index in [0.29, 0.717) is 18.7 Å². The van der Waals surface area contributed by atoms with Crippen LogP contribution in [0.3, 0.4) is 0 Å². The van der Waals surface area contributed by atoms with E-state index in [9.17, 15) is 18.3 Å². The summed E-state index contributed by atoms with van der Waals surface area (Å²) in [5.74, 6) is 0. The Morgan fingerprint density at radius 2 is 2.00 bits per heavy atom. The normalized spacial score (nSPS) is 22.8. The van der Waals surface area contributed by atoms with Gasteiger partial charge in [-0.3, -0.25) is 4.90 Å². The molecular formula is C14H18F3NO2. The van der Waals surface area contributed by atoms with Crippen molar-refractivity contribution in [2.45, 2.75) is 25.3 Å². The molecule has 0 bridgehead atoms. The van der Waals surface area contributed by atoms with Crippen molar-refractivity contribution < 1.29 is 23.0 Å². The highest BCUT2D eigenvalue weighted by atomic mass is 19.4. The Labute approximate surface area is 116 Å². The third-order valence-electron chi connectivity index (χ3n) is 3.56. The fourth-order valence-corrected chi connectivity index (χ4v) is 2.29. The molecule has 2 rings (SSSR count). The first-order valence-electron chi connectivity index (χ1n) is 6.61. The van der Waals surface area contributed by atoms with Gasteiger partial charge in [0.05, 0.1) is 12.2 Å². The molecule has 1 aliphatic heterocycles. The minimum atomic E-state index is -4.36. The molecule has 112 valence electrons. The Balaban J connectivity index is 2.07. The predicted molar refractivity (Wildman–Crippen MR) is 68.3 cm³/mol. The van der Waals surface area contributed by atoms with Crippen LogP contribution in [0.4, 0.5) is 13.2 Å². The van der Waals surface area contributed by atoms with Gasteiger partial charge < -0.3 is 9.84 Å². The number of benzene rings is 1. The lowest BCUT2D eigenvalue weighted by Crippen LogP contribution is -2.44. The number of aliphatic hydroxyl groups is 1. The highest BCUT2D eigenvalue weighted by molar-refractivity contribution is 5.26. The number of hydrogen-bond donors (Lipinski definition) is 1. The molecule has 6 heteroatoms. The molecule has 1 fully saturated rings. The summed E-state index contributed by atoms with van der Waals surface area (Å²) >= 11 is 0. The molecule has 1 aromatic carbocycles. The molecule has 1 heterocycles. The van der Waals surface area contributed by atoms with Gasteiger partial charge in [0.2, 0.25) is 0 Å². The van der Waals surface area contributed by atoms with Crippen LogP contribution >= 0.6 is 0 Å². The van der Waals surface area contributed by atoms with E-state index in [1.165, 1.54) is 12.1 Å². The third-order valence-corrected chi connectivity index (χ3v) is 3.56. The second kappa shape index (κ2) is 6.11. The van der Waals surface area contributed by atoms with Gasteiger partial charge in [-0.25, -0.2) is 0 Å². The average molecular weight is 289 g/mol. The van der Waals surface area contributed by atoms with Crippen LogP contribution in [0.15, 0.2) is 24.3 Å². The maximum absolute atomic E-state index is 12.5. The first-order chi connectivity index (χ1) is 9.41. The van der Waals surface area contributed by atoms with E-state index >= 15 is 0 Å². The van der Waals surface area contributed by atoms with Crippen molar-refractivity contribution in [2.24, 2.45) is 0 Å². The topological polar surface area (TPSA) is 32.7 Å². The summed E-state index contributed by atoms with van der Waals surface area (Å²) in [6, 6.07) is 4.58. The monoisotopic (exact) mass is 289 g/mol. The van der Waals surface area contributed by atoms with Crippen LogP contribution in [0.2, 0.25) is 0 Å². The number of ether oxygens (including phenoxy) is 1. The lowest BCUT2D eigenvalue weighted by atomic mass is 10.0. The zero-order valence-electron chi connectivity index (χ0n) is 11.2. The maximum atomic E-state index is 12.5. The van der Waals surface area contributed by atoms with Crippen LogP contribution in [0.5, 0.6) is 0 Å². The largest absolute Gasteiger partial charge is 0.416 e. The van der Waals surface area contributed by atoms with E-state index in [4.69, 9.17) is 4.74 Å². The Hall–Kier alpha value is -1.11. The molecule has 0 radical (unpaired) electrons. The molecule has 3 nitrogen and oxygen atoms in total. The van der Waals surface area contributed by atoms with Gasteiger partial charge >= 0.3 is 6.18 Å². The molecule has 1 N–H and O–H groups in total. The second-order valence-electron chi connectivity index (χ2n) is 4.87. The van der Waals surface area contributed by atoms with Gasteiger partial charge in [-0.15, -0.1) is 0 Å².